The number of carboxylic acid groups (broad SMARTS) is 1. The number of benzene rings is 1. The Labute approximate surface area is 135 Å². The Morgan fingerprint density at radius 1 is 1.38 bits per heavy atom. The minimum atomic E-state index is -0.680. The van der Waals surface area contributed by atoms with Crippen LogP contribution in [0, 0.1) is 5.41 Å². The van der Waals surface area contributed by atoms with Crippen molar-refractivity contribution in [1.29, 1.82) is 0 Å². The summed E-state index contributed by atoms with van der Waals surface area (Å²) in [6, 6.07) is 6.85. The Hall–Kier alpha value is -0.870. The van der Waals surface area contributed by atoms with Crippen molar-refractivity contribution in [2.45, 2.75) is 52.0 Å². The zero-order valence-corrected chi connectivity index (χ0v) is 14.4. The molecule has 0 radical (unpaired) electrons. The molecule has 1 unspecified atom stereocenters. The molecule has 0 amide bonds. The van der Waals surface area contributed by atoms with E-state index in [9.17, 15) is 9.90 Å². The van der Waals surface area contributed by atoms with Crippen LogP contribution < -0.4 is 5.32 Å². The van der Waals surface area contributed by atoms with Crippen molar-refractivity contribution < 1.29 is 9.90 Å². The van der Waals surface area contributed by atoms with Gasteiger partial charge in [0.25, 0.3) is 0 Å². The van der Waals surface area contributed by atoms with Crippen LogP contribution >= 0.6 is 15.9 Å². The summed E-state index contributed by atoms with van der Waals surface area (Å²) in [5.41, 5.74) is 2.17. The predicted molar refractivity (Wildman–Crippen MR) is 88.6 cm³/mol. The van der Waals surface area contributed by atoms with Gasteiger partial charge in [0.1, 0.15) is 0 Å². The van der Waals surface area contributed by atoms with Crippen LogP contribution in [0.2, 0.25) is 0 Å². The van der Waals surface area contributed by atoms with E-state index in [-0.39, 0.29) is 0 Å². The zero-order valence-electron chi connectivity index (χ0n) is 12.8. The third-order valence-corrected chi connectivity index (χ3v) is 5.43. The van der Waals surface area contributed by atoms with Crippen LogP contribution in [0.3, 0.4) is 0 Å². The fourth-order valence-corrected chi connectivity index (χ4v) is 3.52. The predicted octanol–water partition coefficient (Wildman–Crippen LogP) is 3.79. The van der Waals surface area contributed by atoms with Gasteiger partial charge in [-0.25, -0.2) is 0 Å². The Balaban J connectivity index is 1.99. The van der Waals surface area contributed by atoms with Gasteiger partial charge in [-0.05, 0) is 55.4 Å². The van der Waals surface area contributed by atoms with Gasteiger partial charge in [0.05, 0.1) is 5.41 Å². The largest absolute Gasteiger partial charge is 0.481 e. The van der Waals surface area contributed by atoms with Crippen molar-refractivity contribution in [1.82, 2.24) is 5.32 Å². The molecule has 0 spiro atoms. The number of aliphatic carboxylic acids is 1. The van der Waals surface area contributed by atoms with Crippen LogP contribution in [0.5, 0.6) is 0 Å². The normalized spacial score (nSPS) is 18.3. The average Bonchev–Trinajstić information content (AvgIpc) is 2.48. The van der Waals surface area contributed by atoms with Gasteiger partial charge in [0.15, 0.2) is 0 Å². The van der Waals surface area contributed by atoms with Gasteiger partial charge in [-0.3, -0.25) is 4.79 Å². The molecule has 116 valence electrons. The van der Waals surface area contributed by atoms with Crippen molar-refractivity contribution in [2.75, 3.05) is 6.54 Å². The molecular weight excluding hydrogens is 330 g/mol. The Morgan fingerprint density at radius 3 is 2.71 bits per heavy atom. The minimum absolute atomic E-state index is 0.385. The molecule has 4 heteroatoms. The third-order valence-electron chi connectivity index (χ3n) is 4.93. The van der Waals surface area contributed by atoms with E-state index < -0.39 is 11.4 Å². The molecule has 1 atom stereocenters. The molecule has 1 aliphatic rings. The van der Waals surface area contributed by atoms with E-state index >= 15 is 0 Å². The maximum atomic E-state index is 11.5. The van der Waals surface area contributed by atoms with Gasteiger partial charge in [-0.2, -0.15) is 0 Å². The van der Waals surface area contributed by atoms with Crippen molar-refractivity contribution in [3.05, 3.63) is 33.8 Å². The molecule has 1 aromatic carbocycles. The number of nitrogens with one attached hydrogen (secondary N) is 1. The quantitative estimate of drug-likeness (QED) is 0.817. The van der Waals surface area contributed by atoms with E-state index in [1.807, 2.05) is 13.8 Å². The summed E-state index contributed by atoms with van der Waals surface area (Å²) in [7, 11) is 0. The monoisotopic (exact) mass is 353 g/mol. The molecule has 0 heterocycles. The Kier molecular flexibility index (Phi) is 5.44. The van der Waals surface area contributed by atoms with E-state index in [4.69, 9.17) is 0 Å². The summed E-state index contributed by atoms with van der Waals surface area (Å²) in [5.74, 6) is -0.680. The average molecular weight is 354 g/mol. The summed E-state index contributed by atoms with van der Waals surface area (Å²) in [6.07, 6.45) is 4.47. The van der Waals surface area contributed by atoms with Gasteiger partial charge < -0.3 is 10.4 Å². The summed E-state index contributed by atoms with van der Waals surface area (Å²) >= 11 is 3.52. The first-order valence-electron chi connectivity index (χ1n) is 7.75. The van der Waals surface area contributed by atoms with E-state index in [2.05, 4.69) is 39.4 Å². The molecule has 2 N–H and O–H groups in total. The molecule has 3 nitrogen and oxygen atoms in total. The topological polar surface area (TPSA) is 49.3 Å². The molecule has 0 aromatic heterocycles. The Bertz CT molecular complexity index is 512. The first kappa shape index (κ1) is 16.5. The van der Waals surface area contributed by atoms with E-state index in [0.29, 0.717) is 25.4 Å². The zero-order chi connectivity index (χ0) is 15.5. The van der Waals surface area contributed by atoms with Gasteiger partial charge in [-0.1, -0.05) is 35.8 Å². The summed E-state index contributed by atoms with van der Waals surface area (Å²) < 4.78 is 1.13. The maximum absolute atomic E-state index is 11.5. The fourth-order valence-electron chi connectivity index (χ4n) is 3.12. The molecule has 0 bridgehead atoms. The first-order chi connectivity index (χ1) is 10.0. The maximum Gasteiger partial charge on any atom is 0.310 e. The molecule has 0 fully saturated rings. The second-order valence-corrected chi connectivity index (χ2v) is 6.94. The third kappa shape index (κ3) is 3.67. The number of halogens is 1. The molecule has 0 saturated carbocycles. The summed E-state index contributed by atoms with van der Waals surface area (Å²) in [4.78, 5) is 11.5. The molecule has 1 aliphatic carbocycles. The van der Waals surface area contributed by atoms with Crippen molar-refractivity contribution >= 4 is 21.9 Å². The van der Waals surface area contributed by atoms with Crippen molar-refractivity contribution in [3.8, 4) is 0 Å². The Morgan fingerprint density at radius 2 is 2.10 bits per heavy atom. The molecule has 2 rings (SSSR count). The molecule has 0 saturated heterocycles. The molecular formula is C17H24BrNO2. The lowest BCUT2D eigenvalue weighted by molar-refractivity contribution is -0.149. The lowest BCUT2D eigenvalue weighted by Gasteiger charge is -2.32. The number of aryl methyl sites for hydroxylation is 1. The van der Waals surface area contributed by atoms with Gasteiger partial charge in [-0.15, -0.1) is 0 Å². The van der Waals surface area contributed by atoms with Gasteiger partial charge in [0, 0.05) is 17.1 Å². The lowest BCUT2D eigenvalue weighted by Crippen LogP contribution is -2.45. The smallest absolute Gasteiger partial charge is 0.310 e. The molecule has 21 heavy (non-hydrogen) atoms. The second kappa shape index (κ2) is 6.93. The standard InChI is InChI=1S/C17H24BrNO2/c1-3-17(4-2,16(20)21)11-19-15-8-6-12-9-14(18)7-5-13(12)10-15/h5,7,9,15,19H,3-4,6,8,10-11H2,1-2H3,(H,20,21). The highest BCUT2D eigenvalue weighted by Crippen LogP contribution is 2.28. The van der Waals surface area contributed by atoms with Crippen LogP contribution in [0.4, 0.5) is 0 Å². The van der Waals surface area contributed by atoms with E-state index in [1.165, 1.54) is 11.1 Å². The van der Waals surface area contributed by atoms with Gasteiger partial charge >= 0.3 is 5.97 Å². The van der Waals surface area contributed by atoms with Crippen molar-refractivity contribution in [2.24, 2.45) is 5.41 Å². The van der Waals surface area contributed by atoms with Crippen LogP contribution in [0.15, 0.2) is 22.7 Å². The van der Waals surface area contributed by atoms with E-state index in [1.54, 1.807) is 0 Å². The van der Waals surface area contributed by atoms with E-state index in [0.717, 1.165) is 23.7 Å². The number of fused-ring (bicyclic) bond motifs is 1. The number of rotatable bonds is 6. The van der Waals surface area contributed by atoms with Gasteiger partial charge in [0.2, 0.25) is 0 Å². The second-order valence-electron chi connectivity index (χ2n) is 6.03. The number of hydrogen-bond donors (Lipinski definition) is 2. The number of carboxylic acids is 1. The van der Waals surface area contributed by atoms with Crippen LogP contribution in [-0.2, 0) is 17.6 Å². The number of carbonyl (C=O) groups is 1. The van der Waals surface area contributed by atoms with Crippen molar-refractivity contribution in [3.63, 3.8) is 0 Å². The highest BCUT2D eigenvalue weighted by atomic mass is 79.9. The lowest BCUT2D eigenvalue weighted by atomic mass is 9.81. The summed E-state index contributed by atoms with van der Waals surface area (Å²) in [6.45, 7) is 4.49. The minimum Gasteiger partial charge on any atom is -0.481 e. The highest BCUT2D eigenvalue weighted by Gasteiger charge is 2.35. The van der Waals surface area contributed by atoms with Crippen LogP contribution in [-0.4, -0.2) is 23.7 Å². The SMILES string of the molecule is CCC(CC)(CNC1CCc2cc(Br)ccc2C1)C(=O)O. The highest BCUT2D eigenvalue weighted by molar-refractivity contribution is 9.10. The van der Waals surface area contributed by atoms with Crippen LogP contribution in [0.25, 0.3) is 0 Å². The fraction of sp³-hybridized carbons (Fsp3) is 0.588. The molecule has 1 aromatic rings. The van der Waals surface area contributed by atoms with Crippen LogP contribution in [0.1, 0.15) is 44.2 Å². The first-order valence-corrected chi connectivity index (χ1v) is 8.54. The molecule has 0 aliphatic heterocycles. The number of hydrogen-bond acceptors (Lipinski definition) is 2. The summed E-state index contributed by atoms with van der Waals surface area (Å²) in [5, 5.41) is 13.0.